The minimum atomic E-state index is -0.0399. The Morgan fingerprint density at radius 1 is 1.62 bits per heavy atom. The molecule has 1 aliphatic rings. The molecule has 3 heteroatoms. The SMILES string of the molecule is CC1(C)CN(Cl)CO1. The summed E-state index contributed by atoms with van der Waals surface area (Å²) in [5.74, 6) is 0. The highest BCUT2D eigenvalue weighted by molar-refractivity contribution is 6.13. The molecule has 0 N–H and O–H groups in total. The van der Waals surface area contributed by atoms with E-state index in [-0.39, 0.29) is 5.60 Å². The number of ether oxygens (including phenoxy) is 1. The second-order valence-electron chi connectivity index (χ2n) is 2.65. The van der Waals surface area contributed by atoms with Crippen LogP contribution in [0.4, 0.5) is 0 Å². The highest BCUT2D eigenvalue weighted by Crippen LogP contribution is 2.19. The normalized spacial score (nSPS) is 28.9. The average Bonchev–Trinajstić information content (AvgIpc) is 1.82. The molecule has 1 saturated heterocycles. The van der Waals surface area contributed by atoms with E-state index in [2.05, 4.69) is 0 Å². The molecule has 0 amide bonds. The van der Waals surface area contributed by atoms with Gasteiger partial charge in [-0.1, -0.05) is 0 Å². The minimum Gasteiger partial charge on any atom is -0.358 e. The van der Waals surface area contributed by atoms with Gasteiger partial charge in [0.15, 0.2) is 0 Å². The van der Waals surface area contributed by atoms with Crippen molar-refractivity contribution in [2.24, 2.45) is 0 Å². The van der Waals surface area contributed by atoms with Gasteiger partial charge < -0.3 is 4.74 Å². The summed E-state index contributed by atoms with van der Waals surface area (Å²) in [6, 6.07) is 0. The molecule has 0 unspecified atom stereocenters. The zero-order valence-corrected chi connectivity index (χ0v) is 5.90. The highest BCUT2D eigenvalue weighted by Gasteiger charge is 2.28. The smallest absolute Gasteiger partial charge is 0.114 e. The van der Waals surface area contributed by atoms with Crippen molar-refractivity contribution in [3.63, 3.8) is 0 Å². The van der Waals surface area contributed by atoms with Crippen molar-refractivity contribution in [3.8, 4) is 0 Å². The molecule has 0 saturated carbocycles. The third-order valence-corrected chi connectivity index (χ3v) is 1.36. The van der Waals surface area contributed by atoms with Crippen LogP contribution < -0.4 is 0 Å². The first-order valence-corrected chi connectivity index (χ1v) is 2.99. The van der Waals surface area contributed by atoms with Crippen molar-refractivity contribution in [1.82, 2.24) is 4.42 Å². The van der Waals surface area contributed by atoms with E-state index in [4.69, 9.17) is 16.5 Å². The molecule has 0 atom stereocenters. The summed E-state index contributed by atoms with van der Waals surface area (Å²) < 4.78 is 6.89. The van der Waals surface area contributed by atoms with Crippen molar-refractivity contribution >= 4 is 11.8 Å². The van der Waals surface area contributed by atoms with Gasteiger partial charge in [-0.05, 0) is 25.6 Å². The van der Waals surface area contributed by atoms with Gasteiger partial charge in [0, 0.05) is 6.54 Å². The maximum Gasteiger partial charge on any atom is 0.114 e. The fourth-order valence-corrected chi connectivity index (χ4v) is 1.09. The topological polar surface area (TPSA) is 12.5 Å². The molecule has 0 aromatic carbocycles. The van der Waals surface area contributed by atoms with Gasteiger partial charge in [0.05, 0.1) is 5.60 Å². The van der Waals surface area contributed by atoms with Crippen LogP contribution in [0.1, 0.15) is 13.8 Å². The molecule has 2 nitrogen and oxygen atoms in total. The second-order valence-corrected chi connectivity index (χ2v) is 3.13. The summed E-state index contributed by atoms with van der Waals surface area (Å²) in [6.45, 7) is 5.41. The quantitative estimate of drug-likeness (QED) is 0.463. The van der Waals surface area contributed by atoms with E-state index in [1.807, 2.05) is 13.8 Å². The van der Waals surface area contributed by atoms with Crippen molar-refractivity contribution in [3.05, 3.63) is 0 Å². The highest BCUT2D eigenvalue weighted by atomic mass is 35.5. The Bertz CT molecular complexity index is 94.4. The van der Waals surface area contributed by atoms with Crippen molar-refractivity contribution in [2.45, 2.75) is 19.4 Å². The Morgan fingerprint density at radius 2 is 2.25 bits per heavy atom. The molecule has 0 radical (unpaired) electrons. The zero-order chi connectivity index (χ0) is 6.20. The minimum absolute atomic E-state index is 0.0399. The number of hydrogen-bond acceptors (Lipinski definition) is 2. The summed E-state index contributed by atoms with van der Waals surface area (Å²) in [4.78, 5) is 0. The Labute approximate surface area is 54.5 Å². The van der Waals surface area contributed by atoms with Crippen LogP contribution in [0.3, 0.4) is 0 Å². The van der Waals surface area contributed by atoms with E-state index in [0.717, 1.165) is 6.54 Å². The fourth-order valence-electron chi connectivity index (χ4n) is 0.749. The Hall–Kier alpha value is 0.210. The van der Waals surface area contributed by atoms with Crippen LogP contribution in [0.25, 0.3) is 0 Å². The predicted molar refractivity (Wildman–Crippen MR) is 32.6 cm³/mol. The number of nitrogens with zero attached hydrogens (tertiary/aromatic N) is 1. The maximum atomic E-state index is 5.61. The molecule has 8 heavy (non-hydrogen) atoms. The van der Waals surface area contributed by atoms with Crippen LogP contribution in [0.5, 0.6) is 0 Å². The molecular weight excluding hydrogens is 126 g/mol. The summed E-state index contributed by atoms with van der Waals surface area (Å²) in [7, 11) is 0. The van der Waals surface area contributed by atoms with Crippen LogP contribution >= 0.6 is 11.8 Å². The number of hydrogen-bond donors (Lipinski definition) is 0. The van der Waals surface area contributed by atoms with Crippen molar-refractivity contribution in [2.75, 3.05) is 13.3 Å². The summed E-state index contributed by atoms with van der Waals surface area (Å²) in [6.07, 6.45) is 0. The van der Waals surface area contributed by atoms with E-state index in [9.17, 15) is 0 Å². The molecule has 0 aliphatic carbocycles. The summed E-state index contributed by atoms with van der Waals surface area (Å²) in [5, 5.41) is 0. The van der Waals surface area contributed by atoms with Crippen LogP contribution in [0.15, 0.2) is 0 Å². The lowest BCUT2D eigenvalue weighted by molar-refractivity contribution is 0.0382. The van der Waals surface area contributed by atoms with Gasteiger partial charge in [-0.2, -0.15) is 4.42 Å². The van der Waals surface area contributed by atoms with Crippen LogP contribution in [0, 0.1) is 0 Å². The third-order valence-electron chi connectivity index (χ3n) is 1.15. The fraction of sp³-hybridized carbons (Fsp3) is 1.00. The number of halogens is 1. The zero-order valence-electron chi connectivity index (χ0n) is 5.15. The first kappa shape index (κ1) is 6.33. The molecule has 0 aromatic rings. The molecule has 1 fully saturated rings. The van der Waals surface area contributed by atoms with Gasteiger partial charge in [0.2, 0.25) is 0 Å². The van der Waals surface area contributed by atoms with E-state index < -0.39 is 0 Å². The van der Waals surface area contributed by atoms with Crippen molar-refractivity contribution < 1.29 is 4.74 Å². The van der Waals surface area contributed by atoms with E-state index in [1.165, 1.54) is 0 Å². The van der Waals surface area contributed by atoms with Crippen LogP contribution in [-0.4, -0.2) is 23.3 Å². The molecule has 0 aromatic heterocycles. The molecular formula is C5H10ClNO. The third kappa shape index (κ3) is 1.34. The van der Waals surface area contributed by atoms with Crippen molar-refractivity contribution in [1.29, 1.82) is 0 Å². The monoisotopic (exact) mass is 135 g/mol. The van der Waals surface area contributed by atoms with E-state index >= 15 is 0 Å². The molecule has 1 heterocycles. The Kier molecular flexibility index (Phi) is 1.48. The first-order chi connectivity index (χ1) is 3.60. The van der Waals surface area contributed by atoms with E-state index in [1.54, 1.807) is 4.42 Å². The van der Waals surface area contributed by atoms with Gasteiger partial charge in [-0.3, -0.25) is 0 Å². The predicted octanol–water partition coefficient (Wildman–Crippen LogP) is 1.21. The standard InChI is InChI=1S/C5H10ClNO/c1-5(2)3-7(6)4-8-5/h3-4H2,1-2H3. The lowest BCUT2D eigenvalue weighted by Crippen LogP contribution is -2.23. The van der Waals surface area contributed by atoms with Gasteiger partial charge in [0.25, 0.3) is 0 Å². The molecule has 1 rings (SSSR count). The summed E-state index contributed by atoms with van der Waals surface area (Å²) in [5.41, 5.74) is -0.0399. The largest absolute Gasteiger partial charge is 0.358 e. The average molecular weight is 136 g/mol. The molecule has 1 aliphatic heterocycles. The Morgan fingerprint density at radius 3 is 2.38 bits per heavy atom. The molecule has 48 valence electrons. The lowest BCUT2D eigenvalue weighted by atomic mass is 10.1. The van der Waals surface area contributed by atoms with Gasteiger partial charge in [-0.15, -0.1) is 0 Å². The van der Waals surface area contributed by atoms with E-state index in [0.29, 0.717) is 6.73 Å². The van der Waals surface area contributed by atoms with Gasteiger partial charge in [0.1, 0.15) is 6.73 Å². The van der Waals surface area contributed by atoms with Gasteiger partial charge in [-0.25, -0.2) is 0 Å². The number of rotatable bonds is 0. The first-order valence-electron chi connectivity index (χ1n) is 2.65. The molecule has 0 bridgehead atoms. The van der Waals surface area contributed by atoms with Crippen LogP contribution in [-0.2, 0) is 4.74 Å². The molecule has 0 spiro atoms. The van der Waals surface area contributed by atoms with Crippen LogP contribution in [0.2, 0.25) is 0 Å². The Balaban J connectivity index is 2.44. The summed E-state index contributed by atoms with van der Waals surface area (Å²) >= 11 is 5.61. The maximum absolute atomic E-state index is 5.61. The lowest BCUT2D eigenvalue weighted by Gasteiger charge is -2.13. The second kappa shape index (κ2) is 1.87. The van der Waals surface area contributed by atoms with Gasteiger partial charge >= 0.3 is 0 Å².